The smallest absolute Gasteiger partial charge is 0.255 e. The quantitative estimate of drug-likeness (QED) is 0.896. The molecule has 0 saturated carbocycles. The zero-order valence-corrected chi connectivity index (χ0v) is 11.8. The van der Waals surface area contributed by atoms with Crippen LogP contribution in [0.2, 0.25) is 0 Å². The van der Waals surface area contributed by atoms with Gasteiger partial charge in [0, 0.05) is 16.9 Å². The summed E-state index contributed by atoms with van der Waals surface area (Å²) in [6, 6.07) is 11.2. The predicted molar refractivity (Wildman–Crippen MR) is 81.8 cm³/mol. The summed E-state index contributed by atoms with van der Waals surface area (Å²) >= 11 is 0. The van der Waals surface area contributed by atoms with Crippen LogP contribution in [0.15, 0.2) is 36.4 Å². The molecule has 2 aromatic rings. The van der Waals surface area contributed by atoms with Gasteiger partial charge in [0.1, 0.15) is 5.82 Å². The standard InChI is InChI=1S/C16H19N3O/c1-3-11-5-7-14(8-6-11)19-16(20)12-9-13(4-2)18-15(17)10-12/h5-10H,3-4H2,1-2H3,(H2,17,18)(H,19,20). The fourth-order valence-electron chi connectivity index (χ4n) is 1.95. The summed E-state index contributed by atoms with van der Waals surface area (Å²) in [5.41, 5.74) is 9.08. The van der Waals surface area contributed by atoms with Gasteiger partial charge in [0.2, 0.25) is 0 Å². The van der Waals surface area contributed by atoms with Gasteiger partial charge in [0.25, 0.3) is 5.91 Å². The molecule has 0 aliphatic heterocycles. The molecule has 0 saturated heterocycles. The molecule has 1 amide bonds. The summed E-state index contributed by atoms with van der Waals surface area (Å²) in [7, 11) is 0. The minimum atomic E-state index is -0.168. The zero-order valence-electron chi connectivity index (χ0n) is 11.8. The second kappa shape index (κ2) is 6.19. The molecule has 0 aliphatic rings. The maximum atomic E-state index is 12.2. The fraction of sp³-hybridized carbons (Fsp3) is 0.250. The van der Waals surface area contributed by atoms with E-state index in [1.54, 1.807) is 12.1 Å². The Morgan fingerprint density at radius 1 is 1.15 bits per heavy atom. The van der Waals surface area contributed by atoms with Gasteiger partial charge in [-0.15, -0.1) is 0 Å². The highest BCUT2D eigenvalue weighted by molar-refractivity contribution is 6.04. The van der Waals surface area contributed by atoms with Crippen LogP contribution in [0.3, 0.4) is 0 Å². The highest BCUT2D eigenvalue weighted by Crippen LogP contribution is 2.14. The number of nitrogens with one attached hydrogen (secondary N) is 1. The number of pyridine rings is 1. The molecule has 4 nitrogen and oxygen atoms in total. The normalized spacial score (nSPS) is 10.3. The van der Waals surface area contributed by atoms with Crippen molar-refractivity contribution < 1.29 is 4.79 Å². The highest BCUT2D eigenvalue weighted by Gasteiger charge is 2.08. The van der Waals surface area contributed by atoms with Gasteiger partial charge in [0.15, 0.2) is 0 Å². The van der Waals surface area contributed by atoms with Crippen LogP contribution in [0, 0.1) is 0 Å². The van der Waals surface area contributed by atoms with Crippen molar-refractivity contribution in [2.75, 3.05) is 11.1 Å². The van der Waals surface area contributed by atoms with E-state index >= 15 is 0 Å². The van der Waals surface area contributed by atoms with E-state index in [9.17, 15) is 4.79 Å². The van der Waals surface area contributed by atoms with Crippen LogP contribution < -0.4 is 11.1 Å². The van der Waals surface area contributed by atoms with Gasteiger partial charge in [-0.25, -0.2) is 4.98 Å². The molecule has 0 fully saturated rings. The number of nitrogens with two attached hydrogens (primary N) is 1. The first kappa shape index (κ1) is 14.1. The molecule has 104 valence electrons. The van der Waals surface area contributed by atoms with E-state index in [1.165, 1.54) is 5.56 Å². The van der Waals surface area contributed by atoms with Crippen LogP contribution in [-0.2, 0) is 12.8 Å². The first-order valence-corrected chi connectivity index (χ1v) is 6.79. The SMILES string of the molecule is CCc1ccc(NC(=O)c2cc(N)nc(CC)c2)cc1. The van der Waals surface area contributed by atoms with Crippen LogP contribution in [0.4, 0.5) is 11.5 Å². The number of hydrogen-bond acceptors (Lipinski definition) is 3. The van der Waals surface area contributed by atoms with Crippen LogP contribution in [0.5, 0.6) is 0 Å². The van der Waals surface area contributed by atoms with E-state index in [0.717, 1.165) is 24.2 Å². The van der Waals surface area contributed by atoms with Crippen LogP contribution >= 0.6 is 0 Å². The molecule has 0 aliphatic carbocycles. The van der Waals surface area contributed by atoms with Crippen molar-refractivity contribution in [1.29, 1.82) is 0 Å². The third kappa shape index (κ3) is 3.35. The largest absolute Gasteiger partial charge is 0.384 e. The number of hydrogen-bond donors (Lipinski definition) is 2. The van der Waals surface area contributed by atoms with Crippen molar-refractivity contribution in [1.82, 2.24) is 4.98 Å². The Kier molecular flexibility index (Phi) is 4.35. The monoisotopic (exact) mass is 269 g/mol. The topological polar surface area (TPSA) is 68.0 Å². The minimum Gasteiger partial charge on any atom is -0.384 e. The lowest BCUT2D eigenvalue weighted by atomic mass is 10.1. The van der Waals surface area contributed by atoms with Crippen LogP contribution in [0.1, 0.15) is 35.5 Å². The molecule has 3 N–H and O–H groups in total. The lowest BCUT2D eigenvalue weighted by Crippen LogP contribution is -2.13. The van der Waals surface area contributed by atoms with Crippen molar-refractivity contribution in [3.8, 4) is 0 Å². The van der Waals surface area contributed by atoms with Gasteiger partial charge in [-0.1, -0.05) is 26.0 Å². The summed E-state index contributed by atoms with van der Waals surface area (Å²) in [5.74, 6) is 0.203. The van der Waals surface area contributed by atoms with E-state index in [2.05, 4.69) is 17.2 Å². The second-order valence-electron chi connectivity index (χ2n) is 4.63. The van der Waals surface area contributed by atoms with Crippen molar-refractivity contribution in [3.05, 3.63) is 53.2 Å². The van der Waals surface area contributed by atoms with Crippen molar-refractivity contribution >= 4 is 17.4 Å². The molecule has 1 heterocycles. The summed E-state index contributed by atoms with van der Waals surface area (Å²) < 4.78 is 0. The van der Waals surface area contributed by atoms with E-state index < -0.39 is 0 Å². The summed E-state index contributed by atoms with van der Waals surface area (Å²) in [5, 5.41) is 2.87. The Labute approximate surface area is 119 Å². The van der Waals surface area contributed by atoms with Gasteiger partial charge in [-0.2, -0.15) is 0 Å². The zero-order chi connectivity index (χ0) is 14.5. The molecule has 0 atom stereocenters. The maximum Gasteiger partial charge on any atom is 0.255 e. The van der Waals surface area contributed by atoms with Gasteiger partial charge in [0.05, 0.1) is 0 Å². The molecule has 0 bridgehead atoms. The lowest BCUT2D eigenvalue weighted by molar-refractivity contribution is 0.102. The van der Waals surface area contributed by atoms with Crippen molar-refractivity contribution in [2.45, 2.75) is 26.7 Å². The van der Waals surface area contributed by atoms with Gasteiger partial charge in [-0.3, -0.25) is 4.79 Å². The number of aromatic nitrogens is 1. The summed E-state index contributed by atoms with van der Waals surface area (Å²) in [6.45, 7) is 4.08. The summed E-state index contributed by atoms with van der Waals surface area (Å²) in [4.78, 5) is 16.4. The number of anilines is 2. The van der Waals surface area contributed by atoms with Crippen LogP contribution in [-0.4, -0.2) is 10.9 Å². The lowest BCUT2D eigenvalue weighted by Gasteiger charge is -2.08. The average Bonchev–Trinajstić information content (AvgIpc) is 2.47. The molecule has 0 unspecified atom stereocenters. The van der Waals surface area contributed by atoms with E-state index in [1.807, 2.05) is 31.2 Å². The minimum absolute atomic E-state index is 0.168. The number of benzene rings is 1. The molecular weight excluding hydrogens is 250 g/mol. The molecule has 4 heteroatoms. The van der Waals surface area contributed by atoms with E-state index in [0.29, 0.717) is 11.4 Å². The first-order chi connectivity index (χ1) is 9.62. The molecular formula is C16H19N3O. The number of nitrogens with zero attached hydrogens (tertiary/aromatic N) is 1. The Bertz CT molecular complexity index is 606. The van der Waals surface area contributed by atoms with E-state index in [4.69, 9.17) is 5.73 Å². The van der Waals surface area contributed by atoms with Crippen molar-refractivity contribution in [3.63, 3.8) is 0 Å². The number of amides is 1. The number of nitrogen functional groups attached to an aromatic ring is 1. The molecule has 1 aromatic heterocycles. The Morgan fingerprint density at radius 3 is 2.45 bits per heavy atom. The van der Waals surface area contributed by atoms with Gasteiger partial charge < -0.3 is 11.1 Å². The fourth-order valence-corrected chi connectivity index (χ4v) is 1.95. The Balaban J connectivity index is 2.16. The number of rotatable bonds is 4. The highest BCUT2D eigenvalue weighted by atomic mass is 16.1. The predicted octanol–water partition coefficient (Wildman–Crippen LogP) is 3.04. The number of aryl methyl sites for hydroxylation is 2. The third-order valence-electron chi connectivity index (χ3n) is 3.14. The summed E-state index contributed by atoms with van der Waals surface area (Å²) in [6.07, 6.45) is 1.73. The van der Waals surface area contributed by atoms with Crippen molar-refractivity contribution in [2.24, 2.45) is 0 Å². The van der Waals surface area contributed by atoms with Crippen LogP contribution in [0.25, 0.3) is 0 Å². The number of carbonyl (C=O) groups is 1. The first-order valence-electron chi connectivity index (χ1n) is 6.79. The van der Waals surface area contributed by atoms with Gasteiger partial charge >= 0.3 is 0 Å². The molecule has 0 radical (unpaired) electrons. The molecule has 2 rings (SSSR count). The Morgan fingerprint density at radius 2 is 1.85 bits per heavy atom. The third-order valence-corrected chi connectivity index (χ3v) is 3.14. The Hall–Kier alpha value is -2.36. The maximum absolute atomic E-state index is 12.2. The molecule has 1 aromatic carbocycles. The van der Waals surface area contributed by atoms with Gasteiger partial charge in [-0.05, 0) is 42.7 Å². The molecule has 0 spiro atoms. The average molecular weight is 269 g/mol. The number of carbonyl (C=O) groups excluding carboxylic acids is 1. The van der Waals surface area contributed by atoms with E-state index in [-0.39, 0.29) is 5.91 Å². The molecule has 20 heavy (non-hydrogen) atoms. The second-order valence-corrected chi connectivity index (χ2v) is 4.63.